The van der Waals surface area contributed by atoms with Crippen LogP contribution in [0, 0.1) is 0 Å². The van der Waals surface area contributed by atoms with Gasteiger partial charge in [0, 0.05) is 44.1 Å². The average Bonchev–Trinajstić information content (AvgIpc) is 3.64. The summed E-state index contributed by atoms with van der Waals surface area (Å²) in [5.41, 5.74) is 15.1. The molecule has 10 rings (SSSR count). The molecule has 3 heterocycles. The zero-order chi connectivity index (χ0) is 31.1. The van der Waals surface area contributed by atoms with Gasteiger partial charge in [0.05, 0.1) is 16.6 Å². The predicted molar refractivity (Wildman–Crippen MR) is 207 cm³/mol. The molecule has 4 aliphatic rings. The molecule has 47 heavy (non-hydrogen) atoms. The molecule has 0 saturated heterocycles. The summed E-state index contributed by atoms with van der Waals surface area (Å²) in [7, 11) is -0.326. The second-order valence-corrected chi connectivity index (χ2v) is 17.4. The van der Waals surface area contributed by atoms with Crippen molar-refractivity contribution in [3.63, 3.8) is 0 Å². The van der Waals surface area contributed by atoms with Crippen molar-refractivity contribution in [2.24, 2.45) is 0 Å². The third kappa shape index (κ3) is 4.23. The third-order valence-corrected chi connectivity index (χ3v) is 14.6. The van der Waals surface area contributed by atoms with Crippen LogP contribution in [-0.4, -0.2) is 15.8 Å². The van der Waals surface area contributed by atoms with Crippen LogP contribution in [0.5, 0.6) is 0 Å². The highest BCUT2D eigenvalue weighted by Crippen LogP contribution is 2.60. The van der Waals surface area contributed by atoms with Gasteiger partial charge in [-0.05, 0) is 116 Å². The number of para-hydroxylation sites is 2. The predicted octanol–water partition coefficient (Wildman–Crippen LogP) is 11.9. The maximum atomic E-state index is 2.57. The zero-order valence-corrected chi connectivity index (χ0v) is 28.3. The molecule has 1 unspecified atom stereocenters. The third-order valence-electron chi connectivity index (χ3n) is 10.5. The molecule has 228 valence electrons. The topological polar surface area (TPSA) is 9.86 Å². The van der Waals surface area contributed by atoms with Crippen molar-refractivity contribution in [1.29, 1.82) is 0 Å². The highest BCUT2D eigenvalue weighted by atomic mass is 32.7. The first-order valence-electron chi connectivity index (χ1n) is 16.9. The van der Waals surface area contributed by atoms with Gasteiger partial charge < -0.3 is 9.13 Å². The highest BCUT2D eigenvalue weighted by molar-refractivity contribution is 8.59. The Morgan fingerprint density at radius 2 is 1.53 bits per heavy atom. The van der Waals surface area contributed by atoms with E-state index < -0.39 is 0 Å². The molecular formula is C43H35N2PS. The van der Waals surface area contributed by atoms with Gasteiger partial charge in [-0.3, -0.25) is 0 Å². The Morgan fingerprint density at radius 3 is 2.43 bits per heavy atom. The van der Waals surface area contributed by atoms with Gasteiger partial charge in [-0.15, -0.1) is 0 Å². The van der Waals surface area contributed by atoms with E-state index in [1.807, 2.05) is 0 Å². The summed E-state index contributed by atoms with van der Waals surface area (Å²) in [5, 5.41) is 5.78. The lowest BCUT2D eigenvalue weighted by Gasteiger charge is -2.29. The van der Waals surface area contributed by atoms with Crippen molar-refractivity contribution in [2.75, 3.05) is 6.66 Å². The van der Waals surface area contributed by atoms with E-state index in [9.17, 15) is 0 Å². The van der Waals surface area contributed by atoms with E-state index >= 15 is 0 Å². The molecule has 0 fully saturated rings. The lowest BCUT2D eigenvalue weighted by molar-refractivity contribution is 0.888. The van der Waals surface area contributed by atoms with Crippen LogP contribution in [-0.2, 0) is 6.42 Å². The van der Waals surface area contributed by atoms with Gasteiger partial charge in [0.25, 0.3) is 0 Å². The summed E-state index contributed by atoms with van der Waals surface area (Å²) in [6.07, 6.45) is 20.8. The SMILES string of the molecule is CP1SC2=C(C=CCC2)c2ccc3c(c21)c1ccccc1n3C1=CC=C(c2ccc3c4c(n(-c5ccccc5)c3c2)CCC=C4)CC1. The lowest BCUT2D eigenvalue weighted by Crippen LogP contribution is -2.13. The quantitative estimate of drug-likeness (QED) is 0.175. The van der Waals surface area contributed by atoms with Crippen LogP contribution in [0.2, 0.25) is 0 Å². The molecule has 0 N–H and O–H groups in total. The summed E-state index contributed by atoms with van der Waals surface area (Å²) < 4.78 is 5.07. The smallest absolute Gasteiger partial charge is 0.0545 e. The van der Waals surface area contributed by atoms with E-state index in [-0.39, 0.29) is 7.12 Å². The molecule has 1 atom stereocenters. The van der Waals surface area contributed by atoms with Crippen molar-refractivity contribution < 1.29 is 0 Å². The Balaban J connectivity index is 1.11. The van der Waals surface area contributed by atoms with Crippen LogP contribution in [0.15, 0.2) is 120 Å². The number of aromatic nitrogens is 2. The molecule has 4 heteroatoms. The minimum absolute atomic E-state index is 0.326. The Morgan fingerprint density at radius 1 is 0.681 bits per heavy atom. The van der Waals surface area contributed by atoms with Gasteiger partial charge in [0.15, 0.2) is 0 Å². The van der Waals surface area contributed by atoms with E-state index in [0.29, 0.717) is 0 Å². The first-order chi connectivity index (χ1) is 23.2. The summed E-state index contributed by atoms with van der Waals surface area (Å²) >= 11 is 2.14. The fraction of sp³-hybridized carbons (Fsp3) is 0.163. The number of hydrogen-bond donors (Lipinski definition) is 0. The Bertz CT molecular complexity index is 2450. The molecule has 0 bridgehead atoms. The minimum Gasteiger partial charge on any atom is -0.313 e. The summed E-state index contributed by atoms with van der Waals surface area (Å²) in [4.78, 5) is 1.59. The summed E-state index contributed by atoms with van der Waals surface area (Å²) in [6, 6.07) is 32.0. The van der Waals surface area contributed by atoms with E-state index in [2.05, 4.69) is 149 Å². The number of fused-ring (bicyclic) bond motifs is 9. The highest BCUT2D eigenvalue weighted by Gasteiger charge is 2.29. The molecule has 6 aromatic rings. The minimum atomic E-state index is -0.326. The van der Waals surface area contributed by atoms with Crippen LogP contribution >= 0.6 is 18.5 Å². The summed E-state index contributed by atoms with van der Waals surface area (Å²) in [5.74, 6) is 0. The van der Waals surface area contributed by atoms with Gasteiger partial charge in [0.1, 0.15) is 0 Å². The first-order valence-corrected chi connectivity index (χ1v) is 20.1. The van der Waals surface area contributed by atoms with Gasteiger partial charge in [-0.25, -0.2) is 0 Å². The van der Waals surface area contributed by atoms with Crippen molar-refractivity contribution in [3.8, 4) is 5.69 Å². The van der Waals surface area contributed by atoms with Crippen LogP contribution in [0.25, 0.3) is 61.3 Å². The molecule has 2 aromatic heterocycles. The Hall–Kier alpha value is -4.30. The first kappa shape index (κ1) is 27.8. The molecule has 0 radical (unpaired) electrons. The standard InChI is InChI=1S/C43H35N2PS/c1-46-43-35(34-14-7-10-18-41(34)47-46)25-26-39-42(43)36-15-6-9-17-38(36)44(39)31-22-19-28(20-23-31)29-21-24-33-32-13-5-8-16-37(32)45(40(33)27-29)30-11-3-2-4-12-30/h2-7,9,11-15,17,19,21-22,24-27H,8,10,16,18,20,23H2,1H3. The van der Waals surface area contributed by atoms with Gasteiger partial charge in [-0.2, -0.15) is 0 Å². The number of allylic oxidation sites excluding steroid dienone is 9. The van der Waals surface area contributed by atoms with E-state index in [4.69, 9.17) is 0 Å². The molecule has 3 aliphatic carbocycles. The fourth-order valence-electron chi connectivity index (χ4n) is 8.43. The fourth-order valence-corrected chi connectivity index (χ4v) is 12.8. The second-order valence-electron chi connectivity index (χ2n) is 13.1. The summed E-state index contributed by atoms with van der Waals surface area (Å²) in [6.45, 7) is 2.47. The molecule has 2 nitrogen and oxygen atoms in total. The van der Waals surface area contributed by atoms with Crippen molar-refractivity contribution in [1.82, 2.24) is 9.13 Å². The van der Waals surface area contributed by atoms with Crippen molar-refractivity contribution in [2.45, 2.75) is 38.5 Å². The molecule has 1 aliphatic heterocycles. The van der Waals surface area contributed by atoms with E-state index in [1.54, 1.807) is 10.2 Å². The molecule has 0 amide bonds. The molecule has 0 saturated carbocycles. The zero-order valence-electron chi connectivity index (χ0n) is 26.5. The Labute approximate surface area is 281 Å². The maximum Gasteiger partial charge on any atom is 0.0545 e. The molecule has 4 aromatic carbocycles. The molecule has 0 spiro atoms. The largest absolute Gasteiger partial charge is 0.313 e. The lowest BCUT2D eigenvalue weighted by atomic mass is 9.94. The van der Waals surface area contributed by atoms with Gasteiger partial charge >= 0.3 is 0 Å². The number of hydrogen-bond acceptors (Lipinski definition) is 1. The van der Waals surface area contributed by atoms with Gasteiger partial charge in [0.2, 0.25) is 0 Å². The number of benzene rings is 4. The van der Waals surface area contributed by atoms with E-state index in [1.165, 1.54) is 90.5 Å². The molecular weight excluding hydrogens is 608 g/mol. The van der Waals surface area contributed by atoms with Crippen LogP contribution in [0.3, 0.4) is 0 Å². The Kier molecular flexibility index (Phi) is 6.43. The van der Waals surface area contributed by atoms with Crippen LogP contribution in [0.1, 0.15) is 54.5 Å². The second kappa shape index (κ2) is 10.9. The van der Waals surface area contributed by atoms with Crippen LogP contribution in [0.4, 0.5) is 0 Å². The van der Waals surface area contributed by atoms with E-state index in [0.717, 1.165) is 25.7 Å². The number of nitrogens with zero attached hydrogens (tertiary/aromatic N) is 2. The average molecular weight is 643 g/mol. The number of rotatable bonds is 3. The monoisotopic (exact) mass is 642 g/mol. The van der Waals surface area contributed by atoms with Gasteiger partial charge in [-0.1, -0.05) is 96.4 Å². The van der Waals surface area contributed by atoms with Crippen molar-refractivity contribution in [3.05, 3.63) is 143 Å². The normalized spacial score (nSPS) is 18.8. The van der Waals surface area contributed by atoms with Crippen molar-refractivity contribution >= 4 is 79.4 Å². The maximum absolute atomic E-state index is 2.57. The van der Waals surface area contributed by atoms with Crippen LogP contribution < -0.4 is 5.30 Å².